The van der Waals surface area contributed by atoms with E-state index in [-0.39, 0.29) is 6.04 Å². The van der Waals surface area contributed by atoms with Crippen molar-refractivity contribution in [1.29, 1.82) is 0 Å². The minimum Gasteiger partial charge on any atom is -0.324 e. The standard InChI is InChI=1S/C12H17BrClN/c1-3-8(4-2)12(15)9-6-5-7-10(13)11(9)14/h5-8,12H,3-4,15H2,1-2H3. The molecule has 0 saturated carbocycles. The molecule has 1 aromatic carbocycles. The molecule has 1 aromatic rings. The number of benzene rings is 1. The van der Waals surface area contributed by atoms with Gasteiger partial charge >= 0.3 is 0 Å². The summed E-state index contributed by atoms with van der Waals surface area (Å²) in [5.41, 5.74) is 7.27. The predicted molar refractivity (Wildman–Crippen MR) is 70.2 cm³/mol. The Morgan fingerprint density at radius 3 is 2.47 bits per heavy atom. The average Bonchev–Trinajstić information content (AvgIpc) is 2.23. The fraction of sp³-hybridized carbons (Fsp3) is 0.500. The van der Waals surface area contributed by atoms with E-state index in [0.29, 0.717) is 5.92 Å². The molecule has 1 rings (SSSR count). The fourth-order valence-corrected chi connectivity index (χ4v) is 2.46. The van der Waals surface area contributed by atoms with Gasteiger partial charge in [-0.3, -0.25) is 0 Å². The molecule has 0 heterocycles. The van der Waals surface area contributed by atoms with Crippen LogP contribution in [-0.4, -0.2) is 0 Å². The molecule has 0 saturated heterocycles. The first-order valence-corrected chi connectivity index (χ1v) is 6.48. The van der Waals surface area contributed by atoms with Gasteiger partial charge < -0.3 is 5.73 Å². The monoisotopic (exact) mass is 289 g/mol. The van der Waals surface area contributed by atoms with Crippen molar-refractivity contribution in [2.24, 2.45) is 11.7 Å². The predicted octanol–water partition coefficient (Wildman–Crippen LogP) is 4.54. The maximum Gasteiger partial charge on any atom is 0.0595 e. The molecule has 1 unspecified atom stereocenters. The highest BCUT2D eigenvalue weighted by Gasteiger charge is 2.19. The molecular weight excluding hydrogens is 273 g/mol. The van der Waals surface area contributed by atoms with E-state index in [1.165, 1.54) is 0 Å². The van der Waals surface area contributed by atoms with Crippen LogP contribution < -0.4 is 5.73 Å². The van der Waals surface area contributed by atoms with Crippen LogP contribution in [0.2, 0.25) is 5.02 Å². The molecule has 0 aliphatic carbocycles. The van der Waals surface area contributed by atoms with Gasteiger partial charge in [0.05, 0.1) is 5.02 Å². The summed E-state index contributed by atoms with van der Waals surface area (Å²) in [7, 11) is 0. The Bertz CT molecular complexity index is 323. The van der Waals surface area contributed by atoms with Crippen molar-refractivity contribution in [3.63, 3.8) is 0 Å². The largest absolute Gasteiger partial charge is 0.324 e. The zero-order valence-corrected chi connectivity index (χ0v) is 11.5. The van der Waals surface area contributed by atoms with Crippen LogP contribution in [0.25, 0.3) is 0 Å². The first kappa shape index (κ1) is 13.0. The van der Waals surface area contributed by atoms with Gasteiger partial charge in [0, 0.05) is 10.5 Å². The van der Waals surface area contributed by atoms with Crippen LogP contribution in [0.4, 0.5) is 0 Å². The molecule has 0 amide bonds. The van der Waals surface area contributed by atoms with Crippen LogP contribution >= 0.6 is 27.5 Å². The number of rotatable bonds is 4. The zero-order valence-electron chi connectivity index (χ0n) is 9.13. The second-order valence-electron chi connectivity index (χ2n) is 3.75. The van der Waals surface area contributed by atoms with E-state index in [4.69, 9.17) is 17.3 Å². The number of nitrogens with two attached hydrogens (primary N) is 1. The summed E-state index contributed by atoms with van der Waals surface area (Å²) in [6, 6.07) is 5.96. The van der Waals surface area contributed by atoms with Crippen molar-refractivity contribution in [2.45, 2.75) is 32.7 Å². The van der Waals surface area contributed by atoms with E-state index in [0.717, 1.165) is 27.9 Å². The zero-order chi connectivity index (χ0) is 11.4. The summed E-state index contributed by atoms with van der Waals surface area (Å²) in [6.07, 6.45) is 2.17. The van der Waals surface area contributed by atoms with Gasteiger partial charge in [-0.25, -0.2) is 0 Å². The van der Waals surface area contributed by atoms with Crippen LogP contribution in [0, 0.1) is 5.92 Å². The van der Waals surface area contributed by atoms with Crippen LogP contribution in [0.1, 0.15) is 38.3 Å². The first-order chi connectivity index (χ1) is 7.11. The normalized spacial score (nSPS) is 13.2. The van der Waals surface area contributed by atoms with Gasteiger partial charge in [-0.2, -0.15) is 0 Å². The summed E-state index contributed by atoms with van der Waals surface area (Å²) in [5.74, 6) is 0.497. The lowest BCUT2D eigenvalue weighted by atomic mass is 9.89. The number of halogens is 2. The maximum atomic E-state index is 6.22. The second-order valence-corrected chi connectivity index (χ2v) is 4.98. The molecule has 1 atom stereocenters. The minimum atomic E-state index is 0.0324. The molecule has 0 fully saturated rings. The van der Waals surface area contributed by atoms with Gasteiger partial charge in [0.25, 0.3) is 0 Å². The maximum absolute atomic E-state index is 6.22. The third kappa shape index (κ3) is 2.96. The van der Waals surface area contributed by atoms with E-state index in [2.05, 4.69) is 29.8 Å². The van der Waals surface area contributed by atoms with Crippen LogP contribution in [0.15, 0.2) is 22.7 Å². The van der Waals surface area contributed by atoms with Gasteiger partial charge in [0.2, 0.25) is 0 Å². The molecular formula is C12H17BrClN. The molecule has 0 aliphatic heterocycles. The molecule has 0 aromatic heterocycles. The molecule has 0 aliphatic rings. The second kappa shape index (κ2) is 5.88. The van der Waals surface area contributed by atoms with E-state index in [9.17, 15) is 0 Å². The summed E-state index contributed by atoms with van der Waals surface area (Å²) >= 11 is 9.64. The fourth-order valence-electron chi connectivity index (χ4n) is 1.83. The molecule has 84 valence electrons. The third-order valence-electron chi connectivity index (χ3n) is 2.90. The highest BCUT2D eigenvalue weighted by atomic mass is 79.9. The molecule has 15 heavy (non-hydrogen) atoms. The molecule has 0 spiro atoms. The lowest BCUT2D eigenvalue weighted by molar-refractivity contribution is 0.405. The minimum absolute atomic E-state index is 0.0324. The van der Waals surface area contributed by atoms with Gasteiger partial charge in [-0.15, -0.1) is 0 Å². The Balaban J connectivity index is 2.99. The Morgan fingerprint density at radius 2 is 1.93 bits per heavy atom. The number of hydrogen-bond donors (Lipinski definition) is 1. The summed E-state index contributed by atoms with van der Waals surface area (Å²) in [4.78, 5) is 0. The van der Waals surface area contributed by atoms with E-state index >= 15 is 0 Å². The van der Waals surface area contributed by atoms with Gasteiger partial charge in [-0.05, 0) is 33.5 Å². The van der Waals surface area contributed by atoms with E-state index < -0.39 is 0 Å². The molecule has 1 nitrogen and oxygen atoms in total. The molecule has 0 bridgehead atoms. The van der Waals surface area contributed by atoms with E-state index in [1.807, 2.05) is 18.2 Å². The Morgan fingerprint density at radius 1 is 1.33 bits per heavy atom. The lowest BCUT2D eigenvalue weighted by Gasteiger charge is -2.22. The van der Waals surface area contributed by atoms with Gasteiger partial charge in [-0.1, -0.05) is 50.4 Å². The highest BCUT2D eigenvalue weighted by Crippen LogP contribution is 2.34. The van der Waals surface area contributed by atoms with Crippen molar-refractivity contribution < 1.29 is 0 Å². The average molecular weight is 291 g/mol. The SMILES string of the molecule is CCC(CC)C(N)c1cccc(Br)c1Cl. The van der Waals surface area contributed by atoms with Crippen molar-refractivity contribution in [2.75, 3.05) is 0 Å². The van der Waals surface area contributed by atoms with Crippen molar-refractivity contribution in [3.05, 3.63) is 33.3 Å². The smallest absolute Gasteiger partial charge is 0.0595 e. The quantitative estimate of drug-likeness (QED) is 0.865. The Hall–Kier alpha value is -0.0500. The van der Waals surface area contributed by atoms with Crippen LogP contribution in [-0.2, 0) is 0 Å². The lowest BCUT2D eigenvalue weighted by Crippen LogP contribution is -2.20. The van der Waals surface area contributed by atoms with E-state index in [1.54, 1.807) is 0 Å². The van der Waals surface area contributed by atoms with Crippen LogP contribution in [0.3, 0.4) is 0 Å². The number of hydrogen-bond acceptors (Lipinski definition) is 1. The molecule has 3 heteroatoms. The summed E-state index contributed by atoms with van der Waals surface area (Å²) in [5, 5.41) is 0.747. The Labute approximate surface area is 105 Å². The van der Waals surface area contributed by atoms with Crippen molar-refractivity contribution in [1.82, 2.24) is 0 Å². The van der Waals surface area contributed by atoms with Crippen molar-refractivity contribution >= 4 is 27.5 Å². The topological polar surface area (TPSA) is 26.0 Å². The molecule has 2 N–H and O–H groups in total. The molecule has 0 radical (unpaired) electrons. The highest BCUT2D eigenvalue weighted by molar-refractivity contribution is 9.10. The van der Waals surface area contributed by atoms with Gasteiger partial charge in [0.1, 0.15) is 0 Å². The third-order valence-corrected chi connectivity index (χ3v) is 4.21. The first-order valence-electron chi connectivity index (χ1n) is 5.31. The van der Waals surface area contributed by atoms with Gasteiger partial charge in [0.15, 0.2) is 0 Å². The van der Waals surface area contributed by atoms with Crippen molar-refractivity contribution in [3.8, 4) is 0 Å². The van der Waals surface area contributed by atoms with Crippen LogP contribution in [0.5, 0.6) is 0 Å². The Kier molecular flexibility index (Phi) is 5.10. The summed E-state index contributed by atoms with van der Waals surface area (Å²) in [6.45, 7) is 4.33. The summed E-state index contributed by atoms with van der Waals surface area (Å²) < 4.78 is 0.920.